The largest absolute Gasteiger partial charge is 0.497 e. The summed E-state index contributed by atoms with van der Waals surface area (Å²) >= 11 is 5.32. The molecule has 0 spiro atoms. The highest BCUT2D eigenvalue weighted by atomic mass is 32.1. The zero-order valence-electron chi connectivity index (χ0n) is 14.0. The van der Waals surface area contributed by atoms with Crippen molar-refractivity contribution in [2.75, 3.05) is 26.1 Å². The molecule has 128 valence electrons. The molecule has 24 heavy (non-hydrogen) atoms. The van der Waals surface area contributed by atoms with E-state index in [1.165, 1.54) is 0 Å². The van der Waals surface area contributed by atoms with E-state index in [4.69, 9.17) is 26.4 Å². The van der Waals surface area contributed by atoms with Crippen molar-refractivity contribution in [1.29, 1.82) is 0 Å². The second-order valence-corrected chi connectivity index (χ2v) is 5.63. The lowest BCUT2D eigenvalue weighted by molar-refractivity contribution is 0.286. The zero-order chi connectivity index (χ0) is 17.4. The lowest BCUT2D eigenvalue weighted by atomic mass is 10.3. The van der Waals surface area contributed by atoms with Crippen LogP contribution >= 0.6 is 12.2 Å². The first-order chi connectivity index (χ1) is 11.6. The zero-order valence-corrected chi connectivity index (χ0v) is 14.9. The number of ether oxygens (including phenoxy) is 3. The lowest BCUT2D eigenvalue weighted by Crippen LogP contribution is -2.39. The molecular weight excluding hydrogens is 324 g/mol. The van der Waals surface area contributed by atoms with Gasteiger partial charge in [0.2, 0.25) is 0 Å². The fraction of sp³-hybridized carbons (Fsp3) is 0.278. The standard InChI is InChI=1S/C18H22N2O3S/c1-13(12-23-16-9-7-15(21-2)8-10-16)19-18(24)20-14-5-4-6-17(11-14)22-3/h4-11,13H,12H2,1-3H3,(H2,19,20,24)/t13-/m1/s1. The molecule has 0 aromatic heterocycles. The van der Waals surface area contributed by atoms with Crippen LogP contribution in [0.2, 0.25) is 0 Å². The second-order valence-electron chi connectivity index (χ2n) is 5.22. The van der Waals surface area contributed by atoms with E-state index < -0.39 is 0 Å². The van der Waals surface area contributed by atoms with Crippen molar-refractivity contribution in [3.05, 3.63) is 48.5 Å². The fourth-order valence-corrected chi connectivity index (χ4v) is 2.35. The van der Waals surface area contributed by atoms with Gasteiger partial charge in [-0.1, -0.05) is 6.07 Å². The molecule has 5 nitrogen and oxygen atoms in total. The van der Waals surface area contributed by atoms with E-state index in [0.29, 0.717) is 11.7 Å². The molecule has 6 heteroatoms. The van der Waals surface area contributed by atoms with Crippen LogP contribution in [0.25, 0.3) is 0 Å². The van der Waals surface area contributed by atoms with Gasteiger partial charge in [-0.15, -0.1) is 0 Å². The Morgan fingerprint density at radius 1 is 1.00 bits per heavy atom. The molecule has 0 saturated heterocycles. The number of nitrogens with one attached hydrogen (secondary N) is 2. The maximum Gasteiger partial charge on any atom is 0.171 e. The average Bonchev–Trinajstić information content (AvgIpc) is 2.60. The van der Waals surface area contributed by atoms with Gasteiger partial charge in [0.05, 0.1) is 20.3 Å². The molecule has 0 aliphatic carbocycles. The molecule has 0 fully saturated rings. The number of thiocarbonyl (C=S) groups is 1. The third-order valence-corrected chi connectivity index (χ3v) is 3.48. The van der Waals surface area contributed by atoms with E-state index in [9.17, 15) is 0 Å². The van der Waals surface area contributed by atoms with E-state index >= 15 is 0 Å². The Morgan fingerprint density at radius 3 is 2.33 bits per heavy atom. The summed E-state index contributed by atoms with van der Waals surface area (Å²) in [5.41, 5.74) is 0.870. The minimum absolute atomic E-state index is 0.0534. The Bertz CT molecular complexity index is 662. The van der Waals surface area contributed by atoms with E-state index in [-0.39, 0.29) is 6.04 Å². The van der Waals surface area contributed by atoms with Crippen LogP contribution in [0.15, 0.2) is 48.5 Å². The molecule has 2 rings (SSSR count). The number of anilines is 1. The molecule has 0 bridgehead atoms. The van der Waals surface area contributed by atoms with E-state index in [2.05, 4.69) is 10.6 Å². The normalized spacial score (nSPS) is 11.3. The molecule has 0 saturated carbocycles. The van der Waals surface area contributed by atoms with E-state index in [1.807, 2.05) is 55.5 Å². The third-order valence-electron chi connectivity index (χ3n) is 3.26. The predicted molar refractivity (Wildman–Crippen MR) is 100 cm³/mol. The fourth-order valence-electron chi connectivity index (χ4n) is 2.03. The van der Waals surface area contributed by atoms with Crippen LogP contribution in [-0.4, -0.2) is 32.0 Å². The summed E-state index contributed by atoms with van der Waals surface area (Å²) in [6, 6.07) is 15.1. The summed E-state index contributed by atoms with van der Waals surface area (Å²) < 4.78 is 16.0. The molecule has 0 heterocycles. The van der Waals surface area contributed by atoms with Crippen molar-refractivity contribution in [2.45, 2.75) is 13.0 Å². The van der Waals surface area contributed by atoms with E-state index in [1.54, 1.807) is 14.2 Å². The van der Waals surface area contributed by atoms with Gasteiger partial charge in [0.1, 0.15) is 23.9 Å². The van der Waals surface area contributed by atoms with Gasteiger partial charge in [0.15, 0.2) is 5.11 Å². The Morgan fingerprint density at radius 2 is 1.67 bits per heavy atom. The van der Waals surface area contributed by atoms with Crippen LogP contribution in [-0.2, 0) is 0 Å². The van der Waals surface area contributed by atoms with Gasteiger partial charge in [-0.2, -0.15) is 0 Å². The molecule has 0 unspecified atom stereocenters. The molecule has 0 aliphatic rings. The molecular formula is C18H22N2O3S. The monoisotopic (exact) mass is 346 g/mol. The molecule has 2 aromatic carbocycles. The van der Waals surface area contributed by atoms with Crippen LogP contribution in [0.1, 0.15) is 6.92 Å². The Kier molecular flexibility index (Phi) is 6.69. The highest BCUT2D eigenvalue weighted by Gasteiger charge is 2.06. The van der Waals surface area contributed by atoms with Gasteiger partial charge in [-0.05, 0) is 55.5 Å². The summed E-state index contributed by atoms with van der Waals surface area (Å²) in [4.78, 5) is 0. The molecule has 0 aliphatic heterocycles. The van der Waals surface area contributed by atoms with E-state index in [0.717, 1.165) is 22.9 Å². The SMILES string of the molecule is COc1ccc(OC[C@@H](C)NC(=S)Nc2cccc(OC)c2)cc1. The first-order valence-corrected chi connectivity index (χ1v) is 8.00. The van der Waals surface area contributed by atoms with Crippen molar-refractivity contribution in [3.8, 4) is 17.2 Å². The van der Waals surface area contributed by atoms with Crippen LogP contribution in [0.5, 0.6) is 17.2 Å². The van der Waals surface area contributed by atoms with Gasteiger partial charge in [-0.3, -0.25) is 0 Å². The maximum atomic E-state index is 5.73. The van der Waals surface area contributed by atoms with Crippen molar-refractivity contribution in [1.82, 2.24) is 5.32 Å². The minimum Gasteiger partial charge on any atom is -0.497 e. The number of benzene rings is 2. The van der Waals surface area contributed by atoms with Crippen molar-refractivity contribution < 1.29 is 14.2 Å². The van der Waals surface area contributed by atoms with Gasteiger partial charge < -0.3 is 24.8 Å². The first kappa shape index (κ1) is 17.9. The summed E-state index contributed by atoms with van der Waals surface area (Å²) in [7, 11) is 3.27. The highest BCUT2D eigenvalue weighted by molar-refractivity contribution is 7.80. The van der Waals surface area contributed by atoms with Crippen molar-refractivity contribution in [3.63, 3.8) is 0 Å². The third kappa shape index (κ3) is 5.62. The predicted octanol–water partition coefficient (Wildman–Crippen LogP) is 3.46. The molecule has 2 aromatic rings. The Labute approximate surface area is 147 Å². The van der Waals surface area contributed by atoms with Gasteiger partial charge in [-0.25, -0.2) is 0 Å². The average molecular weight is 346 g/mol. The van der Waals surface area contributed by atoms with Crippen LogP contribution in [0.3, 0.4) is 0 Å². The molecule has 0 amide bonds. The van der Waals surface area contributed by atoms with Crippen molar-refractivity contribution >= 4 is 23.0 Å². The van der Waals surface area contributed by atoms with Crippen LogP contribution in [0.4, 0.5) is 5.69 Å². The number of hydrogen-bond donors (Lipinski definition) is 2. The first-order valence-electron chi connectivity index (χ1n) is 7.59. The summed E-state index contributed by atoms with van der Waals surface area (Å²) in [5.74, 6) is 2.37. The topological polar surface area (TPSA) is 51.8 Å². The number of rotatable bonds is 7. The summed E-state index contributed by atoms with van der Waals surface area (Å²) in [5, 5.41) is 6.85. The van der Waals surface area contributed by atoms with Crippen LogP contribution in [0, 0.1) is 0 Å². The number of methoxy groups -OCH3 is 2. The quantitative estimate of drug-likeness (QED) is 0.749. The Balaban J connectivity index is 1.78. The maximum absolute atomic E-state index is 5.73. The number of hydrogen-bond acceptors (Lipinski definition) is 4. The van der Waals surface area contributed by atoms with Gasteiger partial charge >= 0.3 is 0 Å². The molecule has 0 radical (unpaired) electrons. The van der Waals surface area contributed by atoms with Crippen LogP contribution < -0.4 is 24.8 Å². The summed E-state index contributed by atoms with van der Waals surface area (Å²) in [6.07, 6.45) is 0. The van der Waals surface area contributed by atoms with Crippen molar-refractivity contribution in [2.24, 2.45) is 0 Å². The highest BCUT2D eigenvalue weighted by Crippen LogP contribution is 2.18. The smallest absolute Gasteiger partial charge is 0.171 e. The Hall–Kier alpha value is -2.47. The second kappa shape index (κ2) is 8.98. The molecule has 2 N–H and O–H groups in total. The molecule has 1 atom stereocenters. The van der Waals surface area contributed by atoms with Gasteiger partial charge in [0, 0.05) is 11.8 Å². The lowest BCUT2D eigenvalue weighted by Gasteiger charge is -2.18. The van der Waals surface area contributed by atoms with Gasteiger partial charge in [0.25, 0.3) is 0 Å². The minimum atomic E-state index is 0.0534. The summed E-state index contributed by atoms with van der Waals surface area (Å²) in [6.45, 7) is 2.50.